The molecule has 0 aromatic heterocycles. The number of likely N-dealkylation sites (tertiary alicyclic amines) is 1. The van der Waals surface area contributed by atoms with Crippen molar-refractivity contribution in [3.05, 3.63) is 53.1 Å². The summed E-state index contributed by atoms with van der Waals surface area (Å²) in [4.78, 5) is 25.5. The number of nitrogens with zero attached hydrogens (tertiary/aromatic N) is 2. The molecule has 2 bridgehead atoms. The van der Waals surface area contributed by atoms with E-state index >= 15 is 0 Å². The fourth-order valence-corrected chi connectivity index (χ4v) is 6.72. The summed E-state index contributed by atoms with van der Waals surface area (Å²) < 4.78 is 68.4. The second kappa shape index (κ2) is 9.41. The van der Waals surface area contributed by atoms with Crippen LogP contribution in [0, 0.1) is 11.6 Å². The number of aliphatic carboxylic acids is 1. The number of benzene rings is 2. The number of halogens is 3. The first-order valence-electron chi connectivity index (χ1n) is 11.3. The van der Waals surface area contributed by atoms with Crippen LogP contribution in [0.25, 0.3) is 0 Å². The Labute approximate surface area is 217 Å². The van der Waals surface area contributed by atoms with E-state index in [9.17, 15) is 31.9 Å². The molecular formula is C24H25ClF2N2O7S. The first-order valence-corrected chi connectivity index (χ1v) is 13.1. The molecule has 2 unspecified atom stereocenters. The van der Waals surface area contributed by atoms with Gasteiger partial charge in [0.2, 0.25) is 10.0 Å². The molecule has 9 nitrogen and oxygen atoms in total. The van der Waals surface area contributed by atoms with Gasteiger partial charge >= 0.3 is 12.1 Å². The molecule has 2 aromatic rings. The van der Waals surface area contributed by atoms with Gasteiger partial charge in [-0.05, 0) is 70.0 Å². The van der Waals surface area contributed by atoms with E-state index < -0.39 is 68.1 Å². The Kier molecular flexibility index (Phi) is 6.89. The number of rotatable bonds is 5. The average Bonchev–Trinajstić information content (AvgIpc) is 3.05. The monoisotopic (exact) mass is 558 g/mol. The molecule has 2 saturated heterocycles. The summed E-state index contributed by atoms with van der Waals surface area (Å²) in [5.74, 6) is -4.82. The van der Waals surface area contributed by atoms with Crippen LogP contribution in [-0.4, -0.2) is 65.1 Å². The molecule has 200 valence electrons. The van der Waals surface area contributed by atoms with Gasteiger partial charge in [-0.15, -0.1) is 0 Å². The Morgan fingerprint density at radius 2 is 1.73 bits per heavy atom. The highest BCUT2D eigenvalue weighted by Gasteiger charge is 2.62. The van der Waals surface area contributed by atoms with E-state index in [0.29, 0.717) is 17.2 Å². The highest BCUT2D eigenvalue weighted by Crippen LogP contribution is 2.44. The Morgan fingerprint density at radius 3 is 2.27 bits per heavy atom. The fraction of sp³-hybridized carbons (Fsp3) is 0.417. The molecule has 2 aliphatic rings. The number of amides is 1. The zero-order chi connectivity index (χ0) is 27.3. The molecule has 0 spiro atoms. The van der Waals surface area contributed by atoms with Crippen molar-refractivity contribution in [2.24, 2.45) is 0 Å². The number of ether oxygens (including phenoxy) is 2. The number of carboxylic acids is 1. The molecule has 2 aromatic carbocycles. The minimum absolute atomic E-state index is 0.0685. The summed E-state index contributed by atoms with van der Waals surface area (Å²) >= 11 is 5.79. The summed E-state index contributed by atoms with van der Waals surface area (Å²) in [5, 5.41) is 10.5. The van der Waals surface area contributed by atoms with Crippen molar-refractivity contribution in [2.75, 3.05) is 13.1 Å². The lowest BCUT2D eigenvalue weighted by molar-refractivity contribution is -0.150. The van der Waals surface area contributed by atoms with Gasteiger partial charge in [0.15, 0.2) is 22.9 Å². The number of fused-ring (bicyclic) bond motifs is 2. The molecule has 0 aliphatic carbocycles. The lowest BCUT2D eigenvalue weighted by Crippen LogP contribution is -2.67. The zero-order valence-electron chi connectivity index (χ0n) is 20.2. The number of carbonyl (C=O) groups is 2. The lowest BCUT2D eigenvalue weighted by Gasteiger charge is -2.45. The van der Waals surface area contributed by atoms with E-state index in [1.54, 1.807) is 20.8 Å². The maximum atomic E-state index is 14.9. The van der Waals surface area contributed by atoms with Crippen molar-refractivity contribution in [3.63, 3.8) is 0 Å². The summed E-state index contributed by atoms with van der Waals surface area (Å²) in [6.07, 6.45) is -0.732. The number of carboxylic acid groups (broad SMARTS) is 1. The predicted molar refractivity (Wildman–Crippen MR) is 128 cm³/mol. The third kappa shape index (κ3) is 5.10. The van der Waals surface area contributed by atoms with Crippen molar-refractivity contribution in [1.29, 1.82) is 0 Å². The van der Waals surface area contributed by atoms with Crippen molar-refractivity contribution in [1.82, 2.24) is 9.21 Å². The fourth-order valence-electron chi connectivity index (χ4n) is 4.61. The second-order valence-electron chi connectivity index (χ2n) is 9.96. The van der Waals surface area contributed by atoms with Crippen LogP contribution >= 0.6 is 11.6 Å². The van der Waals surface area contributed by atoms with Gasteiger partial charge in [-0.1, -0.05) is 11.6 Å². The van der Waals surface area contributed by atoms with E-state index in [1.807, 2.05) is 0 Å². The van der Waals surface area contributed by atoms with Gasteiger partial charge in [0.25, 0.3) is 0 Å². The van der Waals surface area contributed by atoms with Crippen LogP contribution < -0.4 is 4.74 Å². The van der Waals surface area contributed by atoms with Gasteiger partial charge in [-0.2, -0.15) is 4.31 Å². The SMILES string of the molecule is CC(C)(C)OC(=O)N1CC2CCC(C(=O)O)(C1)N2S(=O)(=O)c1cc(F)c(Oc2ccc(Cl)cc2)c(F)c1. The number of hydrogen-bond acceptors (Lipinski definition) is 6. The van der Waals surface area contributed by atoms with Crippen molar-refractivity contribution in [2.45, 2.75) is 55.7 Å². The van der Waals surface area contributed by atoms with E-state index in [0.717, 1.165) is 9.21 Å². The third-order valence-corrected chi connectivity index (χ3v) is 8.39. The first kappa shape index (κ1) is 27.1. The van der Waals surface area contributed by atoms with Gasteiger partial charge in [-0.3, -0.25) is 4.79 Å². The van der Waals surface area contributed by atoms with E-state index in [4.69, 9.17) is 21.1 Å². The zero-order valence-corrected chi connectivity index (χ0v) is 21.8. The second-order valence-corrected chi connectivity index (χ2v) is 12.2. The minimum Gasteiger partial charge on any atom is -0.480 e. The number of carbonyl (C=O) groups excluding carboxylic acids is 1. The Balaban J connectivity index is 1.67. The summed E-state index contributed by atoms with van der Waals surface area (Å²) in [6.45, 7) is 4.34. The van der Waals surface area contributed by atoms with Crippen LogP contribution in [0.15, 0.2) is 41.3 Å². The minimum atomic E-state index is -4.71. The van der Waals surface area contributed by atoms with Crippen LogP contribution in [0.1, 0.15) is 33.6 Å². The van der Waals surface area contributed by atoms with Crippen LogP contribution in [0.2, 0.25) is 5.02 Å². The maximum Gasteiger partial charge on any atom is 0.410 e. The molecule has 37 heavy (non-hydrogen) atoms. The lowest BCUT2D eigenvalue weighted by atomic mass is 9.97. The van der Waals surface area contributed by atoms with Crippen molar-refractivity contribution in [3.8, 4) is 11.5 Å². The highest BCUT2D eigenvalue weighted by molar-refractivity contribution is 7.89. The van der Waals surface area contributed by atoms with Crippen molar-refractivity contribution < 1.29 is 41.4 Å². The highest BCUT2D eigenvalue weighted by atomic mass is 35.5. The van der Waals surface area contributed by atoms with Crippen LogP contribution in [0.4, 0.5) is 13.6 Å². The third-order valence-electron chi connectivity index (χ3n) is 6.14. The largest absolute Gasteiger partial charge is 0.480 e. The van der Waals surface area contributed by atoms with Crippen molar-refractivity contribution >= 4 is 33.7 Å². The summed E-state index contributed by atoms with van der Waals surface area (Å²) in [5.41, 5.74) is -2.87. The average molecular weight is 559 g/mol. The molecular weight excluding hydrogens is 534 g/mol. The topological polar surface area (TPSA) is 113 Å². The van der Waals surface area contributed by atoms with Crippen LogP contribution in [-0.2, 0) is 19.6 Å². The molecule has 4 rings (SSSR count). The smallest absolute Gasteiger partial charge is 0.410 e. The molecule has 1 N–H and O–H groups in total. The quantitative estimate of drug-likeness (QED) is 0.569. The van der Waals surface area contributed by atoms with E-state index in [2.05, 4.69) is 0 Å². The van der Waals surface area contributed by atoms with Gasteiger partial charge < -0.3 is 19.5 Å². The molecule has 2 fully saturated rings. The first-order chi connectivity index (χ1) is 17.1. The van der Waals surface area contributed by atoms with E-state index in [1.165, 1.54) is 24.3 Å². The number of piperazine rings is 1. The normalized spacial score (nSPS) is 22.1. The maximum absolute atomic E-state index is 14.9. The number of hydrogen-bond donors (Lipinski definition) is 1. The molecule has 2 heterocycles. The molecule has 2 atom stereocenters. The van der Waals surface area contributed by atoms with Gasteiger partial charge in [0.05, 0.1) is 11.4 Å². The predicted octanol–water partition coefficient (Wildman–Crippen LogP) is 4.64. The molecule has 2 aliphatic heterocycles. The molecule has 13 heteroatoms. The standard InChI is InChI=1S/C24H25ClF2N2O7S/c1-23(2,3)36-22(32)28-12-15-8-9-24(13-28,21(30)31)29(15)37(33,34)17-10-18(26)20(19(27)11-17)35-16-6-4-14(25)5-7-16/h4-7,10-11,15H,8-9,12-13H2,1-3H3,(H,30,31). The van der Waals surface area contributed by atoms with Gasteiger partial charge in [0.1, 0.15) is 11.4 Å². The molecule has 0 radical (unpaired) electrons. The summed E-state index contributed by atoms with van der Waals surface area (Å²) in [6, 6.07) is 5.89. The Hall–Kier alpha value is -2.96. The summed E-state index contributed by atoms with van der Waals surface area (Å²) in [7, 11) is -4.71. The molecule has 1 amide bonds. The Morgan fingerprint density at radius 1 is 1.14 bits per heavy atom. The van der Waals surface area contributed by atoms with Crippen LogP contribution in [0.5, 0.6) is 11.5 Å². The molecule has 0 saturated carbocycles. The number of sulfonamides is 1. The van der Waals surface area contributed by atoms with Crippen LogP contribution in [0.3, 0.4) is 0 Å². The Bertz CT molecular complexity index is 1320. The van der Waals surface area contributed by atoms with Gasteiger partial charge in [0, 0.05) is 17.6 Å². The van der Waals surface area contributed by atoms with E-state index in [-0.39, 0.29) is 25.1 Å². The van der Waals surface area contributed by atoms with Gasteiger partial charge in [-0.25, -0.2) is 22.0 Å².